The molecule has 0 saturated heterocycles. The predicted octanol–water partition coefficient (Wildman–Crippen LogP) is 5.43. The Morgan fingerprint density at radius 3 is 2.24 bits per heavy atom. The fourth-order valence-corrected chi connectivity index (χ4v) is 4.55. The van der Waals surface area contributed by atoms with Gasteiger partial charge in [0.15, 0.2) is 11.3 Å². The van der Waals surface area contributed by atoms with E-state index >= 15 is 0 Å². The third-order valence-corrected chi connectivity index (χ3v) is 6.34. The van der Waals surface area contributed by atoms with Gasteiger partial charge in [-0.05, 0) is 37.5 Å². The van der Waals surface area contributed by atoms with E-state index in [0.717, 1.165) is 48.3 Å². The minimum absolute atomic E-state index is 0.0321. The van der Waals surface area contributed by atoms with Gasteiger partial charge in [0.25, 0.3) is 5.56 Å². The molecular formula is C27H29N5O. The Balaban J connectivity index is 1.67. The van der Waals surface area contributed by atoms with Crippen molar-refractivity contribution in [1.29, 1.82) is 0 Å². The SMILES string of the molecule is CCCCCCn1c2nc3ccccc3nc2c2c(=O)n(CCc3ccccc3)c(C)nc21. The van der Waals surface area contributed by atoms with E-state index in [9.17, 15) is 4.79 Å². The lowest BCUT2D eigenvalue weighted by atomic mass is 10.1. The van der Waals surface area contributed by atoms with Crippen LogP contribution in [-0.4, -0.2) is 24.1 Å². The molecule has 0 spiro atoms. The second-order valence-corrected chi connectivity index (χ2v) is 8.65. The molecule has 0 N–H and O–H groups in total. The Morgan fingerprint density at radius 1 is 0.758 bits per heavy atom. The Morgan fingerprint density at radius 2 is 1.48 bits per heavy atom. The van der Waals surface area contributed by atoms with E-state index in [1.54, 1.807) is 4.57 Å². The van der Waals surface area contributed by atoms with Gasteiger partial charge in [-0.1, -0.05) is 68.7 Å². The summed E-state index contributed by atoms with van der Waals surface area (Å²) in [5.74, 6) is 0.727. The van der Waals surface area contributed by atoms with Gasteiger partial charge in [0.1, 0.15) is 16.7 Å². The fourth-order valence-electron chi connectivity index (χ4n) is 4.55. The van der Waals surface area contributed by atoms with E-state index in [1.807, 2.05) is 49.4 Å². The molecule has 0 amide bonds. The molecule has 2 aromatic carbocycles. The summed E-state index contributed by atoms with van der Waals surface area (Å²) in [6, 6.07) is 18.1. The van der Waals surface area contributed by atoms with Crippen LogP contribution >= 0.6 is 0 Å². The van der Waals surface area contributed by atoms with E-state index < -0.39 is 0 Å². The van der Waals surface area contributed by atoms with Gasteiger partial charge in [-0.15, -0.1) is 0 Å². The molecule has 0 aliphatic rings. The molecule has 5 aromatic rings. The summed E-state index contributed by atoms with van der Waals surface area (Å²) >= 11 is 0. The van der Waals surface area contributed by atoms with Crippen LogP contribution in [0.1, 0.15) is 44.0 Å². The zero-order chi connectivity index (χ0) is 22.8. The normalized spacial score (nSPS) is 11.7. The van der Waals surface area contributed by atoms with Crippen LogP contribution in [0.25, 0.3) is 33.2 Å². The highest BCUT2D eigenvalue weighted by molar-refractivity contribution is 6.04. The molecule has 33 heavy (non-hydrogen) atoms. The van der Waals surface area contributed by atoms with Crippen molar-refractivity contribution in [2.45, 2.75) is 59.0 Å². The Hall–Kier alpha value is -3.54. The number of hydrogen-bond donors (Lipinski definition) is 0. The topological polar surface area (TPSA) is 65.6 Å². The summed E-state index contributed by atoms with van der Waals surface area (Å²) in [6.45, 7) is 5.50. The molecule has 0 aliphatic heterocycles. The molecule has 0 unspecified atom stereocenters. The van der Waals surface area contributed by atoms with Crippen LogP contribution in [0.4, 0.5) is 0 Å². The highest BCUT2D eigenvalue weighted by atomic mass is 16.1. The molecule has 3 heterocycles. The summed E-state index contributed by atoms with van der Waals surface area (Å²) in [4.78, 5) is 28.5. The van der Waals surface area contributed by atoms with Gasteiger partial charge in [0.05, 0.1) is 11.0 Å². The zero-order valence-corrected chi connectivity index (χ0v) is 19.3. The third kappa shape index (κ3) is 4.01. The Kier molecular flexibility index (Phi) is 5.90. The maximum atomic E-state index is 13.8. The summed E-state index contributed by atoms with van der Waals surface area (Å²) in [6.07, 6.45) is 5.33. The van der Waals surface area contributed by atoms with Gasteiger partial charge in [0.2, 0.25) is 0 Å². The summed E-state index contributed by atoms with van der Waals surface area (Å²) in [5, 5.41) is 0.581. The molecule has 0 saturated carbocycles. The largest absolute Gasteiger partial charge is 0.308 e. The Labute approximate surface area is 192 Å². The van der Waals surface area contributed by atoms with Crippen molar-refractivity contribution in [1.82, 2.24) is 24.1 Å². The van der Waals surface area contributed by atoms with E-state index in [4.69, 9.17) is 15.0 Å². The highest BCUT2D eigenvalue weighted by Crippen LogP contribution is 2.26. The number of aryl methyl sites for hydroxylation is 3. The van der Waals surface area contributed by atoms with Crippen molar-refractivity contribution in [3.05, 3.63) is 76.3 Å². The summed E-state index contributed by atoms with van der Waals surface area (Å²) < 4.78 is 3.89. The van der Waals surface area contributed by atoms with Crippen LogP contribution in [0.2, 0.25) is 0 Å². The molecular weight excluding hydrogens is 410 g/mol. The maximum Gasteiger partial charge on any atom is 0.265 e. The average Bonchev–Trinajstić information content (AvgIpc) is 3.13. The first kappa shape index (κ1) is 21.3. The molecule has 0 fully saturated rings. The molecule has 3 aromatic heterocycles. The molecule has 0 aliphatic carbocycles. The van der Waals surface area contributed by atoms with Gasteiger partial charge in [-0.25, -0.2) is 15.0 Å². The van der Waals surface area contributed by atoms with Crippen molar-refractivity contribution < 1.29 is 0 Å². The van der Waals surface area contributed by atoms with Crippen molar-refractivity contribution >= 4 is 33.2 Å². The van der Waals surface area contributed by atoms with Gasteiger partial charge in [-0.3, -0.25) is 9.36 Å². The van der Waals surface area contributed by atoms with E-state index in [2.05, 4.69) is 23.6 Å². The summed E-state index contributed by atoms with van der Waals surface area (Å²) in [7, 11) is 0. The average molecular weight is 440 g/mol. The Bertz CT molecular complexity index is 1480. The number of nitrogens with zero attached hydrogens (tertiary/aromatic N) is 5. The minimum Gasteiger partial charge on any atom is -0.308 e. The smallest absolute Gasteiger partial charge is 0.265 e. The number of hydrogen-bond acceptors (Lipinski definition) is 4. The number of fused-ring (bicyclic) bond motifs is 4. The maximum absolute atomic E-state index is 13.8. The van der Waals surface area contributed by atoms with Crippen molar-refractivity contribution in [2.75, 3.05) is 0 Å². The number of aromatic nitrogens is 5. The van der Waals surface area contributed by atoms with Gasteiger partial charge in [-0.2, -0.15) is 0 Å². The number of benzene rings is 2. The predicted molar refractivity (Wildman–Crippen MR) is 134 cm³/mol. The molecule has 0 atom stereocenters. The zero-order valence-electron chi connectivity index (χ0n) is 19.3. The van der Waals surface area contributed by atoms with Crippen molar-refractivity contribution in [3.63, 3.8) is 0 Å². The van der Waals surface area contributed by atoms with Crippen molar-refractivity contribution in [3.8, 4) is 0 Å². The molecule has 5 rings (SSSR count). The third-order valence-electron chi connectivity index (χ3n) is 6.34. The number of rotatable bonds is 8. The first-order valence-electron chi connectivity index (χ1n) is 11.9. The molecule has 168 valence electrons. The van der Waals surface area contributed by atoms with Gasteiger partial charge >= 0.3 is 0 Å². The van der Waals surface area contributed by atoms with Crippen LogP contribution in [0.5, 0.6) is 0 Å². The summed E-state index contributed by atoms with van der Waals surface area (Å²) in [5.41, 5.74) is 4.92. The van der Waals surface area contributed by atoms with Crippen molar-refractivity contribution in [2.24, 2.45) is 0 Å². The van der Waals surface area contributed by atoms with Crippen LogP contribution in [0.15, 0.2) is 59.4 Å². The van der Waals surface area contributed by atoms with Crippen LogP contribution in [0, 0.1) is 6.92 Å². The van der Waals surface area contributed by atoms with Gasteiger partial charge in [0, 0.05) is 13.1 Å². The molecule has 6 heteroatoms. The highest BCUT2D eigenvalue weighted by Gasteiger charge is 2.21. The minimum atomic E-state index is -0.0321. The first-order chi connectivity index (χ1) is 16.2. The van der Waals surface area contributed by atoms with Gasteiger partial charge < -0.3 is 4.57 Å². The molecule has 6 nitrogen and oxygen atoms in total. The van der Waals surface area contributed by atoms with Crippen LogP contribution < -0.4 is 5.56 Å². The lowest BCUT2D eigenvalue weighted by Crippen LogP contribution is -2.25. The molecule has 0 bridgehead atoms. The fraction of sp³-hybridized carbons (Fsp3) is 0.333. The standard InChI is InChI=1S/C27H29N5O/c1-3-4-5-11-17-32-25-23(24-26(32)30-22-15-10-9-14-21(22)29-24)27(33)31(19(2)28-25)18-16-20-12-7-6-8-13-20/h6-10,12-15H,3-5,11,16-18H2,1-2H3. The lowest BCUT2D eigenvalue weighted by molar-refractivity contribution is 0.594. The van der Waals surface area contributed by atoms with Crippen LogP contribution in [0.3, 0.4) is 0 Å². The quantitative estimate of drug-likeness (QED) is 0.303. The first-order valence-corrected chi connectivity index (χ1v) is 11.9. The number of para-hydroxylation sites is 2. The monoisotopic (exact) mass is 439 g/mol. The second kappa shape index (κ2) is 9.14. The second-order valence-electron chi connectivity index (χ2n) is 8.65. The molecule has 0 radical (unpaired) electrons. The lowest BCUT2D eigenvalue weighted by Gasteiger charge is -2.11. The van der Waals surface area contributed by atoms with Crippen LogP contribution in [-0.2, 0) is 19.5 Å². The van der Waals surface area contributed by atoms with E-state index in [-0.39, 0.29) is 5.56 Å². The van der Waals surface area contributed by atoms with E-state index in [1.165, 1.54) is 18.4 Å². The number of unbranched alkanes of at least 4 members (excludes halogenated alkanes) is 3. The van der Waals surface area contributed by atoms with E-state index in [0.29, 0.717) is 23.1 Å².